The van der Waals surface area contributed by atoms with Crippen LogP contribution in [0.5, 0.6) is 0 Å². The number of halogens is 1. The van der Waals surface area contributed by atoms with Gasteiger partial charge in [0.05, 0.1) is 0 Å². The van der Waals surface area contributed by atoms with Gasteiger partial charge in [-0.25, -0.2) is 5.53 Å². The number of nitrogens with zero attached hydrogens (tertiary/aromatic N) is 1. The fourth-order valence-corrected chi connectivity index (χ4v) is 2.60. The summed E-state index contributed by atoms with van der Waals surface area (Å²) in [6.07, 6.45) is 2.09. The van der Waals surface area contributed by atoms with E-state index in [1.54, 1.807) is 11.8 Å². The summed E-state index contributed by atoms with van der Waals surface area (Å²) < 4.78 is 0. The van der Waals surface area contributed by atoms with E-state index in [1.165, 1.54) is 5.56 Å². The fourth-order valence-electron chi connectivity index (χ4n) is 1.95. The average Bonchev–Trinajstić information content (AvgIpc) is 2.44. The molecule has 0 aliphatic rings. The van der Waals surface area contributed by atoms with Crippen LogP contribution in [0, 0.1) is 5.53 Å². The summed E-state index contributed by atoms with van der Waals surface area (Å²) in [6.45, 7) is 0. The van der Waals surface area contributed by atoms with Gasteiger partial charge < -0.3 is 0 Å². The van der Waals surface area contributed by atoms with Gasteiger partial charge in [0, 0.05) is 10.8 Å². The minimum atomic E-state index is -0.249. The minimum Gasteiger partial charge on any atom is -0.209 e. The smallest absolute Gasteiger partial charge is 0.121 e. The molecule has 1 unspecified atom stereocenters. The molecule has 2 nitrogen and oxygen atoms in total. The molecule has 0 heterocycles. The Balaban J connectivity index is 2.26. The quantitative estimate of drug-likeness (QED) is 0.743. The third-order valence-electron chi connectivity index (χ3n) is 2.92. The number of hydrogen-bond acceptors (Lipinski definition) is 3. The second-order valence-electron chi connectivity index (χ2n) is 4.26. The lowest BCUT2D eigenvalue weighted by atomic mass is 9.99. The lowest BCUT2D eigenvalue weighted by Gasteiger charge is -2.12. The third kappa shape index (κ3) is 3.58. The molecule has 0 aromatic heterocycles. The van der Waals surface area contributed by atoms with E-state index in [9.17, 15) is 0 Å². The molecule has 0 bridgehead atoms. The summed E-state index contributed by atoms with van der Waals surface area (Å²) in [5.41, 5.74) is 10.7. The van der Waals surface area contributed by atoms with Gasteiger partial charge in [0.2, 0.25) is 0 Å². The van der Waals surface area contributed by atoms with Crippen molar-refractivity contribution in [3.05, 3.63) is 70.2 Å². The number of nitrogens with one attached hydrogen (secondary N) is 1. The van der Waals surface area contributed by atoms with Crippen molar-refractivity contribution < 1.29 is 0 Å². The zero-order valence-electron chi connectivity index (χ0n) is 10.6. The fraction of sp³-hybridized carbons (Fsp3) is 0.200. The normalized spacial score (nSPS) is 12.1. The molecule has 1 N–H and O–H groups in total. The number of benzene rings is 2. The molecule has 98 valence electrons. The highest BCUT2D eigenvalue weighted by molar-refractivity contribution is 7.97. The van der Waals surface area contributed by atoms with E-state index in [0.29, 0.717) is 5.02 Å². The van der Waals surface area contributed by atoms with Gasteiger partial charge >= 0.3 is 0 Å². The Morgan fingerprint density at radius 2 is 1.58 bits per heavy atom. The molecule has 2 aromatic rings. The first-order chi connectivity index (χ1) is 9.24. The minimum absolute atomic E-state index is 0.249. The third-order valence-corrected chi connectivity index (χ3v) is 3.80. The van der Waals surface area contributed by atoms with Gasteiger partial charge in [0.1, 0.15) is 6.04 Å². The summed E-state index contributed by atoms with van der Waals surface area (Å²) in [7, 11) is 0. The summed E-state index contributed by atoms with van der Waals surface area (Å²) in [4.78, 5) is 0. The SMILES string of the molecule is CSCc1ccc(C(N=N)c2ccc(Cl)cc2)cc1. The lowest BCUT2D eigenvalue weighted by Crippen LogP contribution is -1.97. The molecule has 0 radical (unpaired) electrons. The molecule has 0 saturated heterocycles. The Morgan fingerprint density at radius 3 is 2.05 bits per heavy atom. The molecule has 1 atom stereocenters. The predicted molar refractivity (Wildman–Crippen MR) is 82.1 cm³/mol. The monoisotopic (exact) mass is 290 g/mol. The van der Waals surface area contributed by atoms with E-state index >= 15 is 0 Å². The van der Waals surface area contributed by atoms with Gasteiger partial charge in [-0.05, 0) is 35.1 Å². The molecule has 0 aliphatic carbocycles. The second-order valence-corrected chi connectivity index (χ2v) is 5.56. The van der Waals surface area contributed by atoms with Gasteiger partial charge in [-0.1, -0.05) is 48.0 Å². The summed E-state index contributed by atoms with van der Waals surface area (Å²) in [5.74, 6) is 1.00. The Bertz CT molecular complexity index is 537. The van der Waals surface area contributed by atoms with Crippen LogP contribution in [0.3, 0.4) is 0 Å². The van der Waals surface area contributed by atoms with Gasteiger partial charge in [-0.3, -0.25) is 0 Å². The maximum absolute atomic E-state index is 7.41. The molecule has 0 fully saturated rings. The average molecular weight is 291 g/mol. The lowest BCUT2D eigenvalue weighted by molar-refractivity contribution is 0.775. The highest BCUT2D eigenvalue weighted by atomic mass is 35.5. The van der Waals surface area contributed by atoms with Crippen molar-refractivity contribution in [3.8, 4) is 0 Å². The van der Waals surface area contributed by atoms with E-state index in [1.807, 2.05) is 36.4 Å². The van der Waals surface area contributed by atoms with Crippen molar-refractivity contribution in [1.29, 1.82) is 5.53 Å². The molecule has 4 heteroatoms. The maximum atomic E-state index is 7.41. The van der Waals surface area contributed by atoms with E-state index in [2.05, 4.69) is 23.5 Å². The van der Waals surface area contributed by atoms with E-state index in [4.69, 9.17) is 17.1 Å². The van der Waals surface area contributed by atoms with Gasteiger partial charge in [0.25, 0.3) is 0 Å². The molecule has 2 rings (SSSR count). The Hall–Kier alpha value is -1.32. The maximum Gasteiger partial charge on any atom is 0.121 e. The zero-order valence-corrected chi connectivity index (χ0v) is 12.2. The molecule has 2 aromatic carbocycles. The largest absolute Gasteiger partial charge is 0.209 e. The first-order valence-electron chi connectivity index (χ1n) is 5.94. The van der Waals surface area contributed by atoms with Crippen molar-refractivity contribution in [1.82, 2.24) is 0 Å². The summed E-state index contributed by atoms with van der Waals surface area (Å²) in [6, 6.07) is 15.5. The molecule has 0 amide bonds. The van der Waals surface area contributed by atoms with Crippen molar-refractivity contribution >= 4 is 23.4 Å². The van der Waals surface area contributed by atoms with Crippen LogP contribution in [0.1, 0.15) is 22.7 Å². The van der Waals surface area contributed by atoms with Crippen LogP contribution in [0.25, 0.3) is 0 Å². The van der Waals surface area contributed by atoms with Crippen LogP contribution in [-0.4, -0.2) is 6.26 Å². The van der Waals surface area contributed by atoms with Crippen molar-refractivity contribution in [3.63, 3.8) is 0 Å². The summed E-state index contributed by atoms with van der Waals surface area (Å²) >= 11 is 7.68. The molecule has 0 aliphatic heterocycles. The van der Waals surface area contributed by atoms with Crippen molar-refractivity contribution in [2.24, 2.45) is 5.11 Å². The highest BCUT2D eigenvalue weighted by Crippen LogP contribution is 2.27. The number of rotatable bonds is 5. The zero-order chi connectivity index (χ0) is 13.7. The van der Waals surface area contributed by atoms with Crippen LogP contribution in [0.4, 0.5) is 0 Å². The predicted octanol–water partition coefficient (Wildman–Crippen LogP) is 5.32. The van der Waals surface area contributed by atoms with E-state index in [0.717, 1.165) is 16.9 Å². The van der Waals surface area contributed by atoms with E-state index < -0.39 is 0 Å². The molecule has 0 spiro atoms. The Kier molecular flexibility index (Phi) is 5.00. The molecule has 19 heavy (non-hydrogen) atoms. The first-order valence-corrected chi connectivity index (χ1v) is 7.71. The molecule has 0 saturated carbocycles. The standard InChI is InChI=1S/C15H15ClN2S/c1-19-10-11-2-4-12(5-3-11)15(18-17)13-6-8-14(16)9-7-13/h2-9,15,17H,10H2,1H3. The van der Waals surface area contributed by atoms with Crippen LogP contribution < -0.4 is 0 Å². The van der Waals surface area contributed by atoms with Crippen LogP contribution >= 0.6 is 23.4 Å². The first kappa shape index (κ1) is 14.1. The molecular weight excluding hydrogens is 276 g/mol. The second kappa shape index (κ2) is 6.73. The Morgan fingerprint density at radius 1 is 1.05 bits per heavy atom. The topological polar surface area (TPSA) is 36.2 Å². The van der Waals surface area contributed by atoms with Gasteiger partial charge in [-0.2, -0.15) is 16.9 Å². The van der Waals surface area contributed by atoms with Crippen LogP contribution in [0.2, 0.25) is 5.02 Å². The highest BCUT2D eigenvalue weighted by Gasteiger charge is 2.12. The number of hydrogen-bond donors (Lipinski definition) is 1. The van der Waals surface area contributed by atoms with E-state index in [-0.39, 0.29) is 6.04 Å². The van der Waals surface area contributed by atoms with Crippen LogP contribution in [-0.2, 0) is 5.75 Å². The van der Waals surface area contributed by atoms with Crippen molar-refractivity contribution in [2.45, 2.75) is 11.8 Å². The van der Waals surface area contributed by atoms with Gasteiger partial charge in [0.15, 0.2) is 0 Å². The summed E-state index contributed by atoms with van der Waals surface area (Å²) in [5, 5.41) is 4.43. The van der Waals surface area contributed by atoms with Crippen molar-refractivity contribution in [2.75, 3.05) is 6.26 Å². The van der Waals surface area contributed by atoms with Crippen LogP contribution in [0.15, 0.2) is 53.6 Å². The van der Waals surface area contributed by atoms with Gasteiger partial charge in [-0.15, -0.1) is 0 Å². The molecular formula is C15H15ClN2S. The number of thioether (sulfide) groups is 1. The Labute approximate surface area is 122 Å².